The fourth-order valence-corrected chi connectivity index (χ4v) is 1.88. The van der Waals surface area contributed by atoms with E-state index in [9.17, 15) is 13.6 Å². The number of ether oxygens (including phenoxy) is 2. The molecule has 0 aliphatic heterocycles. The summed E-state index contributed by atoms with van der Waals surface area (Å²) in [6, 6.07) is 12.7. The Labute approximate surface area is 149 Å². The summed E-state index contributed by atoms with van der Waals surface area (Å²) in [7, 11) is 1.56. The number of alkyl halides is 2. The monoisotopic (exact) mass is 364 g/mol. The van der Waals surface area contributed by atoms with Crippen molar-refractivity contribution >= 4 is 17.8 Å². The average molecular weight is 364 g/mol. The number of hydrogen-bond acceptors (Lipinski definition) is 5. The molecule has 1 amide bonds. The molecule has 2 aromatic rings. The van der Waals surface area contributed by atoms with Gasteiger partial charge in [0.05, 0.1) is 13.3 Å². The van der Waals surface area contributed by atoms with Crippen LogP contribution in [0.1, 0.15) is 12.5 Å². The van der Waals surface area contributed by atoms with Crippen LogP contribution >= 0.6 is 0 Å². The molecule has 2 rings (SSSR count). The standard InChI is InChI=1S/C18H18F2N2O4/c1-12(17(23)22-14-5-9-15(24-2)10-6-14)26-21-11-13-3-7-16(8-4-13)25-18(19)20/h3-12,18H,1-2H3,(H,22,23)/b21-11+. The molecule has 6 nitrogen and oxygen atoms in total. The van der Waals surface area contributed by atoms with Crippen LogP contribution in [0.4, 0.5) is 14.5 Å². The maximum Gasteiger partial charge on any atom is 0.387 e. The number of rotatable bonds is 8. The van der Waals surface area contributed by atoms with Crippen LogP contribution in [0.3, 0.4) is 0 Å². The summed E-state index contributed by atoms with van der Waals surface area (Å²) in [6.45, 7) is -1.32. The van der Waals surface area contributed by atoms with Crippen molar-refractivity contribution in [3.63, 3.8) is 0 Å². The van der Waals surface area contributed by atoms with E-state index < -0.39 is 12.7 Å². The smallest absolute Gasteiger partial charge is 0.387 e. The third-order valence-electron chi connectivity index (χ3n) is 3.25. The minimum Gasteiger partial charge on any atom is -0.497 e. The number of halogens is 2. The fraction of sp³-hybridized carbons (Fsp3) is 0.222. The van der Waals surface area contributed by atoms with Gasteiger partial charge in [0, 0.05) is 5.69 Å². The number of nitrogens with zero attached hydrogens (tertiary/aromatic N) is 1. The summed E-state index contributed by atoms with van der Waals surface area (Å²) < 4.78 is 33.4. The first-order chi connectivity index (χ1) is 12.5. The first-order valence-electron chi connectivity index (χ1n) is 7.67. The molecule has 2 aromatic carbocycles. The van der Waals surface area contributed by atoms with Gasteiger partial charge in [-0.2, -0.15) is 8.78 Å². The molecule has 0 heterocycles. The van der Waals surface area contributed by atoms with Gasteiger partial charge in [-0.3, -0.25) is 4.79 Å². The molecule has 0 saturated heterocycles. The Bertz CT molecular complexity index is 734. The van der Waals surface area contributed by atoms with E-state index in [-0.39, 0.29) is 11.7 Å². The molecule has 1 N–H and O–H groups in total. The Morgan fingerprint density at radius 1 is 1.08 bits per heavy atom. The van der Waals surface area contributed by atoms with Crippen molar-refractivity contribution in [3.05, 3.63) is 54.1 Å². The molecular formula is C18H18F2N2O4. The lowest BCUT2D eigenvalue weighted by Crippen LogP contribution is -2.26. The van der Waals surface area contributed by atoms with Crippen molar-refractivity contribution in [1.82, 2.24) is 0 Å². The van der Waals surface area contributed by atoms with Gasteiger partial charge in [-0.05, 0) is 61.0 Å². The van der Waals surface area contributed by atoms with Crippen LogP contribution in [0.2, 0.25) is 0 Å². The van der Waals surface area contributed by atoms with Crippen LogP contribution < -0.4 is 14.8 Å². The topological polar surface area (TPSA) is 69.2 Å². The Kier molecular flexibility index (Phi) is 6.90. The zero-order valence-electron chi connectivity index (χ0n) is 14.2. The van der Waals surface area contributed by atoms with Crippen molar-refractivity contribution in [3.8, 4) is 11.5 Å². The van der Waals surface area contributed by atoms with Gasteiger partial charge in [-0.1, -0.05) is 5.16 Å². The Morgan fingerprint density at radius 3 is 2.27 bits per heavy atom. The van der Waals surface area contributed by atoms with Crippen LogP contribution in [0.15, 0.2) is 53.7 Å². The number of oxime groups is 1. The van der Waals surface area contributed by atoms with Gasteiger partial charge in [0.25, 0.3) is 5.91 Å². The summed E-state index contributed by atoms with van der Waals surface area (Å²) in [4.78, 5) is 17.1. The first-order valence-corrected chi connectivity index (χ1v) is 7.67. The maximum atomic E-state index is 12.1. The van der Waals surface area contributed by atoms with Gasteiger partial charge in [-0.25, -0.2) is 0 Å². The molecule has 0 spiro atoms. The van der Waals surface area contributed by atoms with Crippen molar-refractivity contribution in [1.29, 1.82) is 0 Å². The molecule has 0 fully saturated rings. The lowest BCUT2D eigenvalue weighted by molar-refractivity contribution is -0.126. The highest BCUT2D eigenvalue weighted by atomic mass is 19.3. The first kappa shape index (κ1) is 19.2. The number of nitrogens with one attached hydrogen (secondary N) is 1. The number of amides is 1. The van der Waals surface area contributed by atoms with Crippen LogP contribution in [-0.2, 0) is 9.63 Å². The zero-order chi connectivity index (χ0) is 18.9. The van der Waals surface area contributed by atoms with E-state index in [1.165, 1.54) is 30.5 Å². The van der Waals surface area contributed by atoms with E-state index in [1.807, 2.05) is 0 Å². The predicted molar refractivity (Wildman–Crippen MR) is 92.8 cm³/mol. The van der Waals surface area contributed by atoms with E-state index in [1.54, 1.807) is 38.3 Å². The Balaban J connectivity index is 1.83. The van der Waals surface area contributed by atoms with Gasteiger partial charge >= 0.3 is 6.61 Å². The zero-order valence-corrected chi connectivity index (χ0v) is 14.2. The third kappa shape index (κ3) is 6.04. The summed E-state index contributed by atoms with van der Waals surface area (Å²) in [5.74, 6) is 0.361. The van der Waals surface area contributed by atoms with Gasteiger partial charge in [0.2, 0.25) is 6.10 Å². The lowest BCUT2D eigenvalue weighted by Gasteiger charge is -2.10. The van der Waals surface area contributed by atoms with Crippen molar-refractivity contribution in [2.24, 2.45) is 5.16 Å². The number of hydrogen-bond donors (Lipinski definition) is 1. The van der Waals surface area contributed by atoms with Crippen molar-refractivity contribution in [2.45, 2.75) is 19.6 Å². The van der Waals surface area contributed by atoms with E-state index in [2.05, 4.69) is 15.2 Å². The molecule has 8 heteroatoms. The fourth-order valence-electron chi connectivity index (χ4n) is 1.88. The van der Waals surface area contributed by atoms with Crippen LogP contribution in [0.25, 0.3) is 0 Å². The molecule has 0 radical (unpaired) electrons. The van der Waals surface area contributed by atoms with Crippen molar-refractivity contribution < 1.29 is 27.9 Å². The molecular weight excluding hydrogens is 346 g/mol. The average Bonchev–Trinajstić information content (AvgIpc) is 2.63. The highest BCUT2D eigenvalue weighted by Crippen LogP contribution is 2.16. The Hall–Kier alpha value is -3.16. The normalized spacial score (nSPS) is 12.0. The maximum absolute atomic E-state index is 12.1. The lowest BCUT2D eigenvalue weighted by atomic mass is 10.2. The van der Waals surface area contributed by atoms with Crippen molar-refractivity contribution in [2.75, 3.05) is 12.4 Å². The molecule has 26 heavy (non-hydrogen) atoms. The van der Waals surface area contributed by atoms with Crippen LogP contribution in [-0.4, -0.2) is 31.9 Å². The Morgan fingerprint density at radius 2 is 1.69 bits per heavy atom. The molecule has 0 bridgehead atoms. The predicted octanol–water partition coefficient (Wildman–Crippen LogP) is 3.67. The number of benzene rings is 2. The second kappa shape index (κ2) is 9.36. The second-order valence-electron chi connectivity index (χ2n) is 5.15. The van der Waals surface area contributed by atoms with Crippen LogP contribution in [0.5, 0.6) is 11.5 Å². The molecule has 138 valence electrons. The molecule has 0 aliphatic carbocycles. The van der Waals surface area contributed by atoms with Crippen LogP contribution in [0, 0.1) is 0 Å². The SMILES string of the molecule is COc1ccc(NC(=O)C(C)O/N=C/c2ccc(OC(F)F)cc2)cc1. The molecule has 0 saturated carbocycles. The second-order valence-corrected chi connectivity index (χ2v) is 5.15. The van der Waals surface area contributed by atoms with Gasteiger partial charge in [-0.15, -0.1) is 0 Å². The van der Waals surface area contributed by atoms with Gasteiger partial charge in [0.15, 0.2) is 0 Å². The van der Waals surface area contributed by atoms with E-state index in [4.69, 9.17) is 9.57 Å². The van der Waals surface area contributed by atoms with Gasteiger partial charge in [0.1, 0.15) is 11.5 Å². The molecule has 1 unspecified atom stereocenters. The largest absolute Gasteiger partial charge is 0.497 e. The highest BCUT2D eigenvalue weighted by Gasteiger charge is 2.14. The number of carbonyl (C=O) groups is 1. The summed E-state index contributed by atoms with van der Waals surface area (Å²) in [5, 5.41) is 6.41. The number of anilines is 1. The number of carbonyl (C=O) groups excluding carboxylic acids is 1. The third-order valence-corrected chi connectivity index (χ3v) is 3.25. The van der Waals surface area contributed by atoms with E-state index in [0.29, 0.717) is 17.0 Å². The minimum atomic E-state index is -2.87. The molecule has 0 aliphatic rings. The minimum absolute atomic E-state index is 0.0466. The summed E-state index contributed by atoms with van der Waals surface area (Å²) >= 11 is 0. The number of methoxy groups -OCH3 is 1. The summed E-state index contributed by atoms with van der Waals surface area (Å²) in [6.07, 6.45) is 0.540. The summed E-state index contributed by atoms with van der Waals surface area (Å²) in [5.41, 5.74) is 1.21. The van der Waals surface area contributed by atoms with E-state index >= 15 is 0 Å². The molecule has 0 aromatic heterocycles. The molecule has 1 atom stereocenters. The van der Waals surface area contributed by atoms with E-state index in [0.717, 1.165) is 0 Å². The van der Waals surface area contributed by atoms with Gasteiger partial charge < -0.3 is 19.6 Å². The quantitative estimate of drug-likeness (QED) is 0.573. The highest BCUT2D eigenvalue weighted by molar-refractivity contribution is 5.94.